The van der Waals surface area contributed by atoms with Gasteiger partial charge < -0.3 is 24.6 Å². The van der Waals surface area contributed by atoms with Gasteiger partial charge in [-0.15, -0.1) is 24.0 Å². The average Bonchev–Trinajstić information content (AvgIpc) is 3.37. The van der Waals surface area contributed by atoms with E-state index in [0.29, 0.717) is 18.2 Å². The van der Waals surface area contributed by atoms with Gasteiger partial charge in [0.25, 0.3) is 0 Å². The number of rotatable bonds is 6. The van der Waals surface area contributed by atoms with Crippen LogP contribution in [0.3, 0.4) is 0 Å². The van der Waals surface area contributed by atoms with Crippen LogP contribution in [0.2, 0.25) is 0 Å². The summed E-state index contributed by atoms with van der Waals surface area (Å²) < 4.78 is 11.7. The van der Waals surface area contributed by atoms with Crippen molar-refractivity contribution in [1.82, 2.24) is 15.1 Å². The van der Waals surface area contributed by atoms with E-state index in [2.05, 4.69) is 15.2 Å². The lowest BCUT2D eigenvalue weighted by Gasteiger charge is -2.35. The fourth-order valence-electron chi connectivity index (χ4n) is 4.03. The van der Waals surface area contributed by atoms with Gasteiger partial charge in [0.2, 0.25) is 5.91 Å². The number of carbonyl (C=O) groups is 1. The molecule has 2 aliphatic heterocycles. The number of ether oxygens (including phenoxy) is 2. The number of nitrogens with zero attached hydrogens (tertiary/aromatic N) is 3. The largest absolute Gasteiger partial charge is 0.376 e. The molecule has 1 atom stereocenters. The Kier molecular flexibility index (Phi) is 10.3. The second kappa shape index (κ2) is 12.2. The quantitative estimate of drug-likeness (QED) is 0.339. The zero-order valence-electron chi connectivity index (χ0n) is 17.4. The van der Waals surface area contributed by atoms with Crippen molar-refractivity contribution in [2.24, 2.45) is 4.99 Å². The van der Waals surface area contributed by atoms with Crippen LogP contribution in [0.25, 0.3) is 0 Å². The number of amides is 1. The first-order chi connectivity index (χ1) is 13.1. The second-order valence-electron chi connectivity index (χ2n) is 8.21. The third-order valence-electron chi connectivity index (χ3n) is 5.83. The van der Waals surface area contributed by atoms with Crippen LogP contribution in [0.4, 0.5) is 0 Å². The molecule has 0 aromatic heterocycles. The van der Waals surface area contributed by atoms with E-state index < -0.39 is 0 Å². The van der Waals surface area contributed by atoms with Crippen LogP contribution in [0.5, 0.6) is 0 Å². The number of hydrogen-bond donors (Lipinski definition) is 1. The third-order valence-corrected chi connectivity index (χ3v) is 5.83. The standard InChI is InChI=1S/C20H36N4O3.HI/c1-23(2)19(25)14-21-20(22-16-6-3-4-7-16)24-11-9-17(10-12-24)27-15-18-8-5-13-26-18;/h16-18H,3-15H2,1-2H3,(H,21,22);1H. The number of halogens is 1. The number of piperidine rings is 1. The van der Waals surface area contributed by atoms with Gasteiger partial charge in [0.15, 0.2) is 5.96 Å². The molecule has 1 unspecified atom stereocenters. The minimum absolute atomic E-state index is 0. The highest BCUT2D eigenvalue weighted by atomic mass is 127. The van der Waals surface area contributed by atoms with Crippen molar-refractivity contribution in [2.75, 3.05) is 46.9 Å². The molecule has 2 saturated heterocycles. The van der Waals surface area contributed by atoms with Crippen LogP contribution in [0, 0.1) is 0 Å². The fourth-order valence-corrected chi connectivity index (χ4v) is 4.03. The minimum atomic E-state index is 0. The van der Waals surface area contributed by atoms with Crippen molar-refractivity contribution in [2.45, 2.75) is 69.6 Å². The Hall–Kier alpha value is -0.610. The monoisotopic (exact) mass is 508 g/mol. The van der Waals surface area contributed by atoms with Crippen molar-refractivity contribution < 1.29 is 14.3 Å². The molecule has 1 amide bonds. The molecule has 0 bridgehead atoms. The summed E-state index contributed by atoms with van der Waals surface area (Å²) >= 11 is 0. The molecule has 0 aromatic carbocycles. The molecule has 3 aliphatic rings. The Labute approximate surface area is 186 Å². The molecule has 1 aliphatic carbocycles. The van der Waals surface area contributed by atoms with Crippen LogP contribution in [0.1, 0.15) is 51.4 Å². The SMILES string of the molecule is CN(C)C(=O)CN=C(NC1CCCC1)N1CCC(OCC2CCCO2)CC1.I. The van der Waals surface area contributed by atoms with Gasteiger partial charge in [-0.2, -0.15) is 0 Å². The van der Waals surface area contributed by atoms with Gasteiger partial charge in [0.1, 0.15) is 6.54 Å². The van der Waals surface area contributed by atoms with E-state index in [9.17, 15) is 4.79 Å². The van der Waals surface area contributed by atoms with E-state index in [1.54, 1.807) is 19.0 Å². The van der Waals surface area contributed by atoms with E-state index in [1.165, 1.54) is 25.7 Å². The molecule has 3 rings (SSSR count). The number of aliphatic imine (C=N–C) groups is 1. The van der Waals surface area contributed by atoms with Crippen LogP contribution in [-0.2, 0) is 14.3 Å². The van der Waals surface area contributed by atoms with Gasteiger partial charge in [-0.25, -0.2) is 4.99 Å². The molecule has 0 radical (unpaired) electrons. The minimum Gasteiger partial charge on any atom is -0.376 e. The van der Waals surface area contributed by atoms with E-state index in [4.69, 9.17) is 9.47 Å². The molecule has 1 N–H and O–H groups in total. The Morgan fingerprint density at radius 3 is 2.46 bits per heavy atom. The summed E-state index contributed by atoms with van der Waals surface area (Å²) in [6.07, 6.45) is 9.83. The highest BCUT2D eigenvalue weighted by molar-refractivity contribution is 14.0. The number of likely N-dealkylation sites (N-methyl/N-ethyl adjacent to an activating group) is 1. The summed E-state index contributed by atoms with van der Waals surface area (Å²) in [4.78, 5) is 20.5. The lowest BCUT2D eigenvalue weighted by atomic mass is 10.1. The van der Waals surface area contributed by atoms with E-state index in [0.717, 1.165) is 57.9 Å². The number of carbonyl (C=O) groups excluding carboxylic acids is 1. The lowest BCUT2D eigenvalue weighted by Crippen LogP contribution is -2.50. The molecular formula is C20H37IN4O3. The van der Waals surface area contributed by atoms with Crippen LogP contribution < -0.4 is 5.32 Å². The van der Waals surface area contributed by atoms with Crippen molar-refractivity contribution in [3.8, 4) is 0 Å². The van der Waals surface area contributed by atoms with Crippen molar-refractivity contribution >= 4 is 35.8 Å². The number of hydrogen-bond acceptors (Lipinski definition) is 4. The molecule has 8 heteroatoms. The van der Waals surface area contributed by atoms with Crippen LogP contribution in [0.15, 0.2) is 4.99 Å². The zero-order chi connectivity index (χ0) is 19.1. The number of nitrogens with one attached hydrogen (secondary N) is 1. The van der Waals surface area contributed by atoms with Gasteiger partial charge in [-0.1, -0.05) is 12.8 Å². The highest BCUT2D eigenvalue weighted by Crippen LogP contribution is 2.20. The lowest BCUT2D eigenvalue weighted by molar-refractivity contribution is -0.127. The van der Waals surface area contributed by atoms with Crippen molar-refractivity contribution in [3.05, 3.63) is 0 Å². The number of likely N-dealkylation sites (tertiary alicyclic amines) is 1. The molecule has 3 fully saturated rings. The van der Waals surface area contributed by atoms with Crippen LogP contribution in [-0.4, -0.2) is 86.9 Å². The molecular weight excluding hydrogens is 471 g/mol. The maximum Gasteiger partial charge on any atom is 0.243 e. The summed E-state index contributed by atoms with van der Waals surface area (Å²) in [5.74, 6) is 0.935. The Bertz CT molecular complexity index is 498. The van der Waals surface area contributed by atoms with E-state index in [-0.39, 0.29) is 36.4 Å². The molecule has 0 aromatic rings. The van der Waals surface area contributed by atoms with E-state index in [1.807, 2.05) is 0 Å². The zero-order valence-corrected chi connectivity index (χ0v) is 19.7. The Balaban J connectivity index is 0.00000280. The summed E-state index contributed by atoms with van der Waals surface area (Å²) in [6, 6.07) is 0.492. The maximum absolute atomic E-state index is 12.0. The summed E-state index contributed by atoms with van der Waals surface area (Å²) in [6.45, 7) is 3.65. The molecule has 2 heterocycles. The predicted molar refractivity (Wildman–Crippen MR) is 121 cm³/mol. The predicted octanol–water partition coefficient (Wildman–Crippen LogP) is 2.24. The van der Waals surface area contributed by atoms with Gasteiger partial charge in [-0.3, -0.25) is 4.79 Å². The van der Waals surface area contributed by atoms with Crippen LogP contribution >= 0.6 is 24.0 Å². The topological polar surface area (TPSA) is 66.4 Å². The van der Waals surface area contributed by atoms with Gasteiger partial charge in [-0.05, 0) is 38.5 Å². The molecule has 1 saturated carbocycles. The maximum atomic E-state index is 12.0. The van der Waals surface area contributed by atoms with Crippen molar-refractivity contribution in [3.63, 3.8) is 0 Å². The number of guanidine groups is 1. The summed E-state index contributed by atoms with van der Waals surface area (Å²) in [5, 5.41) is 3.62. The first-order valence-electron chi connectivity index (χ1n) is 10.6. The smallest absolute Gasteiger partial charge is 0.243 e. The van der Waals surface area contributed by atoms with E-state index >= 15 is 0 Å². The summed E-state index contributed by atoms with van der Waals surface area (Å²) in [7, 11) is 3.55. The third kappa shape index (κ3) is 7.33. The normalized spacial score (nSPS) is 24.3. The van der Waals surface area contributed by atoms with Gasteiger partial charge >= 0.3 is 0 Å². The first kappa shape index (κ1) is 23.7. The Morgan fingerprint density at radius 2 is 1.86 bits per heavy atom. The van der Waals surface area contributed by atoms with Gasteiger partial charge in [0, 0.05) is 39.8 Å². The fraction of sp³-hybridized carbons (Fsp3) is 0.900. The highest BCUT2D eigenvalue weighted by Gasteiger charge is 2.26. The second-order valence-corrected chi connectivity index (χ2v) is 8.21. The average molecular weight is 508 g/mol. The first-order valence-corrected chi connectivity index (χ1v) is 10.6. The molecule has 28 heavy (non-hydrogen) atoms. The molecule has 162 valence electrons. The van der Waals surface area contributed by atoms with Crippen molar-refractivity contribution in [1.29, 1.82) is 0 Å². The summed E-state index contributed by atoms with van der Waals surface area (Å²) in [5.41, 5.74) is 0. The van der Waals surface area contributed by atoms with Gasteiger partial charge in [0.05, 0.1) is 18.8 Å². The molecule has 0 spiro atoms. The Morgan fingerprint density at radius 1 is 1.14 bits per heavy atom. The molecule has 7 nitrogen and oxygen atoms in total.